The second kappa shape index (κ2) is 9.72. The van der Waals surface area contributed by atoms with E-state index in [1.165, 1.54) is 6.21 Å². The van der Waals surface area contributed by atoms with Crippen LogP contribution in [0.15, 0.2) is 88.4 Å². The molecule has 0 bridgehead atoms. The number of carbonyl (C=O) groups excluding carboxylic acids is 2. The number of amides is 2. The smallest absolute Gasteiger partial charge is 0.282 e. The predicted octanol–water partition coefficient (Wildman–Crippen LogP) is 6.21. The highest BCUT2D eigenvalue weighted by Gasteiger charge is 2.32. The fourth-order valence-corrected chi connectivity index (χ4v) is 4.62. The summed E-state index contributed by atoms with van der Waals surface area (Å²) in [5.41, 5.74) is 2.58. The zero-order valence-electron chi connectivity index (χ0n) is 18.9. The first-order valence-electron chi connectivity index (χ1n) is 11.1. The van der Waals surface area contributed by atoms with Gasteiger partial charge < -0.3 is 9.47 Å². The monoisotopic (exact) mass is 528 g/mol. The van der Waals surface area contributed by atoms with E-state index in [-0.39, 0.29) is 0 Å². The van der Waals surface area contributed by atoms with Gasteiger partial charge in [0.05, 0.1) is 28.4 Å². The van der Waals surface area contributed by atoms with Crippen molar-refractivity contribution in [1.82, 2.24) is 5.01 Å². The van der Waals surface area contributed by atoms with Crippen LogP contribution in [0, 0.1) is 0 Å². The lowest BCUT2D eigenvalue weighted by Gasteiger charge is -2.23. The van der Waals surface area contributed by atoms with Gasteiger partial charge in [-0.05, 0) is 63.6 Å². The van der Waals surface area contributed by atoms with Crippen LogP contribution in [0.25, 0.3) is 10.8 Å². The normalized spacial score (nSPS) is 13.0. The standard InChI is InChI=1S/C28H21BrN2O4/c1-2-34-24-15-19(14-23(29)26(24)35-17-18-8-4-3-5-9-18)16-30-31-27(32)21-12-6-10-20-11-7-13-22(25(20)21)28(31)33/h3-16H,2,17H2,1H3. The Morgan fingerprint density at radius 3 is 2.23 bits per heavy atom. The highest BCUT2D eigenvalue weighted by atomic mass is 79.9. The Bertz CT molecular complexity index is 1420. The maximum atomic E-state index is 13.1. The molecular weight excluding hydrogens is 508 g/mol. The number of hydrazone groups is 1. The lowest BCUT2D eigenvalue weighted by Crippen LogP contribution is -2.36. The van der Waals surface area contributed by atoms with Gasteiger partial charge in [0, 0.05) is 5.39 Å². The fraction of sp³-hybridized carbons (Fsp3) is 0.107. The van der Waals surface area contributed by atoms with Gasteiger partial charge in [0.1, 0.15) is 6.61 Å². The van der Waals surface area contributed by atoms with Crippen molar-refractivity contribution >= 4 is 44.7 Å². The Morgan fingerprint density at radius 2 is 1.57 bits per heavy atom. The molecule has 5 rings (SSSR count). The van der Waals surface area contributed by atoms with E-state index in [1.54, 1.807) is 36.4 Å². The van der Waals surface area contributed by atoms with Crippen molar-refractivity contribution in [3.05, 3.63) is 106 Å². The summed E-state index contributed by atoms with van der Waals surface area (Å²) >= 11 is 3.56. The van der Waals surface area contributed by atoms with Gasteiger partial charge in [0.25, 0.3) is 11.8 Å². The van der Waals surface area contributed by atoms with E-state index < -0.39 is 11.8 Å². The Hall–Kier alpha value is -3.97. The van der Waals surface area contributed by atoms with Gasteiger partial charge in [-0.25, -0.2) is 0 Å². The van der Waals surface area contributed by atoms with Crippen LogP contribution in [0.2, 0.25) is 0 Å². The number of imide groups is 1. The second-order valence-corrected chi connectivity index (χ2v) is 8.77. The van der Waals surface area contributed by atoms with Crippen LogP contribution in [0.4, 0.5) is 0 Å². The zero-order valence-corrected chi connectivity index (χ0v) is 20.5. The number of hydrogen-bond acceptors (Lipinski definition) is 5. The van der Waals surface area contributed by atoms with E-state index in [9.17, 15) is 9.59 Å². The number of rotatable bonds is 7. The summed E-state index contributed by atoms with van der Waals surface area (Å²) in [6.45, 7) is 2.71. The number of nitrogens with zero attached hydrogens (tertiary/aromatic N) is 2. The molecule has 2 amide bonds. The Balaban J connectivity index is 1.43. The average molecular weight is 529 g/mol. The van der Waals surface area contributed by atoms with Crippen molar-refractivity contribution in [3.8, 4) is 11.5 Å². The van der Waals surface area contributed by atoms with Crippen molar-refractivity contribution in [3.63, 3.8) is 0 Å². The van der Waals surface area contributed by atoms with Crippen molar-refractivity contribution in [1.29, 1.82) is 0 Å². The quantitative estimate of drug-likeness (QED) is 0.211. The number of benzene rings is 4. The molecular formula is C28H21BrN2O4. The SMILES string of the molecule is CCOc1cc(C=NN2C(=O)c3cccc4cccc(c34)C2=O)cc(Br)c1OCc1ccccc1. The van der Waals surface area contributed by atoms with E-state index in [0.717, 1.165) is 16.0 Å². The molecule has 6 nitrogen and oxygen atoms in total. The second-order valence-electron chi connectivity index (χ2n) is 7.91. The molecule has 0 unspecified atom stereocenters. The predicted molar refractivity (Wildman–Crippen MR) is 138 cm³/mol. The Kier molecular flexibility index (Phi) is 6.33. The largest absolute Gasteiger partial charge is 0.490 e. The molecule has 0 saturated carbocycles. The van der Waals surface area contributed by atoms with Crippen LogP contribution in [0.1, 0.15) is 38.8 Å². The van der Waals surface area contributed by atoms with Crippen molar-refractivity contribution in [2.24, 2.45) is 5.10 Å². The topological polar surface area (TPSA) is 68.2 Å². The van der Waals surface area contributed by atoms with Gasteiger partial charge in [0.2, 0.25) is 0 Å². The molecule has 0 N–H and O–H groups in total. The molecule has 7 heteroatoms. The molecule has 1 aliphatic rings. The van der Waals surface area contributed by atoms with Gasteiger partial charge in [-0.3, -0.25) is 9.59 Å². The summed E-state index contributed by atoms with van der Waals surface area (Å²) in [5, 5.41) is 6.68. The number of carbonyl (C=O) groups is 2. The number of ether oxygens (including phenoxy) is 2. The first-order chi connectivity index (χ1) is 17.1. The number of hydrogen-bond donors (Lipinski definition) is 0. The maximum absolute atomic E-state index is 13.1. The van der Waals surface area contributed by atoms with Crippen LogP contribution in [0.3, 0.4) is 0 Å². The zero-order chi connectivity index (χ0) is 24.4. The van der Waals surface area contributed by atoms with E-state index >= 15 is 0 Å². The summed E-state index contributed by atoms with van der Waals surface area (Å²) < 4.78 is 12.5. The molecule has 0 saturated heterocycles. The van der Waals surface area contributed by atoms with Gasteiger partial charge in [0.15, 0.2) is 11.5 Å². The minimum atomic E-state index is -0.456. The van der Waals surface area contributed by atoms with Gasteiger partial charge in [-0.1, -0.05) is 54.6 Å². The lowest BCUT2D eigenvalue weighted by molar-refractivity contribution is 0.0616. The first-order valence-corrected chi connectivity index (χ1v) is 11.9. The van der Waals surface area contributed by atoms with Crippen LogP contribution >= 0.6 is 15.9 Å². The lowest BCUT2D eigenvalue weighted by atomic mass is 9.95. The number of halogens is 1. The molecule has 1 aliphatic heterocycles. The van der Waals surface area contributed by atoms with E-state index in [0.29, 0.717) is 51.3 Å². The Morgan fingerprint density at radius 1 is 0.886 bits per heavy atom. The molecule has 4 aromatic rings. The van der Waals surface area contributed by atoms with E-state index in [1.807, 2.05) is 49.4 Å². The van der Waals surface area contributed by atoms with Crippen LogP contribution in [0.5, 0.6) is 11.5 Å². The first kappa shape index (κ1) is 22.8. The third kappa shape index (κ3) is 4.42. The van der Waals surface area contributed by atoms with Crippen LogP contribution in [-0.4, -0.2) is 29.6 Å². The highest BCUT2D eigenvalue weighted by molar-refractivity contribution is 9.10. The fourth-order valence-electron chi connectivity index (χ4n) is 4.04. The van der Waals surface area contributed by atoms with Gasteiger partial charge >= 0.3 is 0 Å². The summed E-state index contributed by atoms with van der Waals surface area (Å²) in [4.78, 5) is 26.2. The van der Waals surface area contributed by atoms with Crippen LogP contribution < -0.4 is 9.47 Å². The van der Waals surface area contributed by atoms with Crippen LogP contribution in [-0.2, 0) is 6.61 Å². The molecule has 0 aromatic heterocycles. The molecule has 1 heterocycles. The summed E-state index contributed by atoms with van der Waals surface area (Å²) in [5.74, 6) is 0.189. The minimum absolute atomic E-state index is 0.384. The molecule has 174 valence electrons. The van der Waals surface area contributed by atoms with Gasteiger partial charge in [-0.15, -0.1) is 0 Å². The molecule has 0 fully saturated rings. The summed E-state index contributed by atoms with van der Waals surface area (Å²) in [7, 11) is 0. The third-order valence-electron chi connectivity index (χ3n) is 5.63. The van der Waals surface area contributed by atoms with E-state index in [4.69, 9.17) is 9.47 Å². The highest BCUT2D eigenvalue weighted by Crippen LogP contribution is 2.37. The third-order valence-corrected chi connectivity index (χ3v) is 6.22. The van der Waals surface area contributed by atoms with E-state index in [2.05, 4.69) is 21.0 Å². The molecule has 0 radical (unpaired) electrons. The average Bonchev–Trinajstić information content (AvgIpc) is 2.87. The summed E-state index contributed by atoms with van der Waals surface area (Å²) in [6.07, 6.45) is 1.47. The molecule has 4 aromatic carbocycles. The minimum Gasteiger partial charge on any atom is -0.490 e. The van der Waals surface area contributed by atoms with Crippen molar-refractivity contribution in [2.45, 2.75) is 13.5 Å². The van der Waals surface area contributed by atoms with Crippen molar-refractivity contribution < 1.29 is 19.1 Å². The molecule has 0 aliphatic carbocycles. The van der Waals surface area contributed by atoms with Gasteiger partial charge in [-0.2, -0.15) is 10.1 Å². The molecule has 35 heavy (non-hydrogen) atoms. The molecule has 0 atom stereocenters. The summed E-state index contributed by atoms with van der Waals surface area (Å²) in [6, 6.07) is 24.2. The molecule has 0 spiro atoms. The maximum Gasteiger partial charge on any atom is 0.282 e. The Labute approximate surface area is 210 Å². The van der Waals surface area contributed by atoms with Crippen molar-refractivity contribution in [2.75, 3.05) is 6.61 Å².